The lowest BCUT2D eigenvalue weighted by Gasteiger charge is -2.34. The van der Waals surface area contributed by atoms with Crippen molar-refractivity contribution in [3.63, 3.8) is 0 Å². The van der Waals surface area contributed by atoms with Gasteiger partial charge in [-0.2, -0.15) is 0 Å². The Bertz CT molecular complexity index is 844. The SMILES string of the molecule is O=C(O)c1ccc(C=CC(=O)N2CCNC(=O)C2c2ccccc2)cc1. The van der Waals surface area contributed by atoms with Gasteiger partial charge in [-0.05, 0) is 29.3 Å². The van der Waals surface area contributed by atoms with Crippen LogP contribution in [-0.2, 0) is 9.59 Å². The molecule has 1 atom stereocenters. The first kappa shape index (κ1) is 17.4. The average Bonchev–Trinajstić information content (AvgIpc) is 2.67. The number of carboxylic acid groups (broad SMARTS) is 1. The van der Waals surface area contributed by atoms with Gasteiger partial charge in [-0.25, -0.2) is 4.79 Å². The number of hydrogen-bond acceptors (Lipinski definition) is 3. The maximum atomic E-state index is 12.6. The molecule has 0 saturated carbocycles. The van der Waals surface area contributed by atoms with E-state index in [4.69, 9.17) is 5.11 Å². The van der Waals surface area contributed by atoms with Gasteiger partial charge in [0.05, 0.1) is 5.56 Å². The molecule has 2 aromatic carbocycles. The quantitative estimate of drug-likeness (QED) is 0.827. The van der Waals surface area contributed by atoms with Gasteiger partial charge in [0, 0.05) is 19.2 Å². The van der Waals surface area contributed by atoms with E-state index in [1.807, 2.05) is 30.3 Å². The lowest BCUT2D eigenvalue weighted by molar-refractivity contribution is -0.140. The predicted molar refractivity (Wildman–Crippen MR) is 96.3 cm³/mol. The summed E-state index contributed by atoms with van der Waals surface area (Å²) in [7, 11) is 0. The van der Waals surface area contributed by atoms with Crippen molar-refractivity contribution in [1.29, 1.82) is 0 Å². The first-order chi connectivity index (χ1) is 12.6. The minimum Gasteiger partial charge on any atom is -0.478 e. The van der Waals surface area contributed by atoms with Crippen molar-refractivity contribution in [1.82, 2.24) is 10.2 Å². The molecule has 3 rings (SSSR count). The number of carbonyl (C=O) groups is 3. The first-order valence-electron chi connectivity index (χ1n) is 8.21. The minimum atomic E-state index is -0.998. The van der Waals surface area contributed by atoms with E-state index in [0.29, 0.717) is 18.7 Å². The third-order valence-corrected chi connectivity index (χ3v) is 4.19. The smallest absolute Gasteiger partial charge is 0.335 e. The zero-order valence-corrected chi connectivity index (χ0v) is 14.0. The average molecular weight is 350 g/mol. The molecule has 2 aromatic rings. The zero-order chi connectivity index (χ0) is 18.5. The normalized spacial score (nSPS) is 17.2. The summed E-state index contributed by atoms with van der Waals surface area (Å²) in [4.78, 5) is 37.3. The van der Waals surface area contributed by atoms with E-state index in [9.17, 15) is 14.4 Å². The van der Waals surface area contributed by atoms with Crippen molar-refractivity contribution < 1.29 is 19.5 Å². The summed E-state index contributed by atoms with van der Waals surface area (Å²) < 4.78 is 0. The Balaban J connectivity index is 1.78. The lowest BCUT2D eigenvalue weighted by Crippen LogP contribution is -2.51. The largest absolute Gasteiger partial charge is 0.478 e. The van der Waals surface area contributed by atoms with Gasteiger partial charge in [-0.15, -0.1) is 0 Å². The van der Waals surface area contributed by atoms with Gasteiger partial charge in [-0.1, -0.05) is 42.5 Å². The van der Waals surface area contributed by atoms with E-state index in [2.05, 4.69) is 5.32 Å². The Hall–Kier alpha value is -3.41. The topological polar surface area (TPSA) is 86.7 Å². The Kier molecular flexibility index (Phi) is 5.12. The van der Waals surface area contributed by atoms with Crippen LogP contribution >= 0.6 is 0 Å². The number of piperazine rings is 1. The molecule has 26 heavy (non-hydrogen) atoms. The summed E-state index contributed by atoms with van der Waals surface area (Å²) in [5.41, 5.74) is 1.66. The number of aromatic carboxylic acids is 1. The molecule has 0 aliphatic carbocycles. The molecule has 1 heterocycles. The number of nitrogens with one attached hydrogen (secondary N) is 1. The summed E-state index contributed by atoms with van der Waals surface area (Å²) in [5.74, 6) is -1.47. The highest BCUT2D eigenvalue weighted by molar-refractivity contribution is 5.97. The molecule has 1 fully saturated rings. The monoisotopic (exact) mass is 350 g/mol. The summed E-state index contributed by atoms with van der Waals surface area (Å²) in [6, 6.07) is 14.7. The highest BCUT2D eigenvalue weighted by Gasteiger charge is 2.33. The summed E-state index contributed by atoms with van der Waals surface area (Å²) in [5, 5.41) is 11.7. The van der Waals surface area contributed by atoms with Crippen molar-refractivity contribution in [3.8, 4) is 0 Å². The number of carboxylic acids is 1. The van der Waals surface area contributed by atoms with Gasteiger partial charge in [-0.3, -0.25) is 9.59 Å². The second-order valence-electron chi connectivity index (χ2n) is 5.90. The lowest BCUT2D eigenvalue weighted by atomic mass is 10.0. The molecule has 6 nitrogen and oxygen atoms in total. The van der Waals surface area contributed by atoms with Gasteiger partial charge >= 0.3 is 5.97 Å². The first-order valence-corrected chi connectivity index (χ1v) is 8.21. The third-order valence-electron chi connectivity index (χ3n) is 4.19. The summed E-state index contributed by atoms with van der Waals surface area (Å²) in [6.45, 7) is 0.835. The van der Waals surface area contributed by atoms with Crippen LogP contribution in [0.15, 0.2) is 60.7 Å². The molecular formula is C20H18N2O4. The van der Waals surface area contributed by atoms with Crippen molar-refractivity contribution >= 4 is 23.9 Å². The number of hydrogen-bond donors (Lipinski definition) is 2. The van der Waals surface area contributed by atoms with Crippen LogP contribution in [0.3, 0.4) is 0 Å². The van der Waals surface area contributed by atoms with Crippen molar-refractivity contribution in [2.24, 2.45) is 0 Å². The van der Waals surface area contributed by atoms with Gasteiger partial charge in [0.15, 0.2) is 0 Å². The van der Waals surface area contributed by atoms with E-state index in [1.54, 1.807) is 18.2 Å². The summed E-state index contributed by atoms with van der Waals surface area (Å²) in [6.07, 6.45) is 3.02. The second kappa shape index (κ2) is 7.65. The van der Waals surface area contributed by atoms with Crippen LogP contribution in [-0.4, -0.2) is 40.9 Å². The van der Waals surface area contributed by atoms with Crippen LogP contribution in [0.25, 0.3) is 6.08 Å². The van der Waals surface area contributed by atoms with Crippen molar-refractivity contribution in [2.45, 2.75) is 6.04 Å². The fraction of sp³-hybridized carbons (Fsp3) is 0.150. The maximum Gasteiger partial charge on any atom is 0.335 e. The molecule has 132 valence electrons. The van der Waals surface area contributed by atoms with E-state index >= 15 is 0 Å². The van der Waals surface area contributed by atoms with Crippen molar-refractivity contribution in [2.75, 3.05) is 13.1 Å². The van der Waals surface area contributed by atoms with E-state index in [-0.39, 0.29) is 17.4 Å². The molecule has 1 unspecified atom stereocenters. The number of nitrogens with zero attached hydrogens (tertiary/aromatic N) is 1. The molecule has 1 aliphatic heterocycles. The van der Waals surface area contributed by atoms with E-state index in [0.717, 1.165) is 5.56 Å². The molecule has 1 saturated heterocycles. The number of rotatable bonds is 4. The Morgan fingerprint density at radius 2 is 1.77 bits per heavy atom. The molecule has 0 bridgehead atoms. The van der Waals surface area contributed by atoms with Crippen LogP contribution in [0, 0.1) is 0 Å². The molecule has 1 aliphatic rings. The number of carbonyl (C=O) groups excluding carboxylic acids is 2. The Morgan fingerprint density at radius 1 is 1.08 bits per heavy atom. The van der Waals surface area contributed by atoms with Crippen LogP contribution in [0.4, 0.5) is 0 Å². The minimum absolute atomic E-state index is 0.185. The molecular weight excluding hydrogens is 332 g/mol. The van der Waals surface area contributed by atoms with Gasteiger partial charge in [0.2, 0.25) is 11.8 Å². The fourth-order valence-electron chi connectivity index (χ4n) is 2.87. The molecule has 0 radical (unpaired) electrons. The van der Waals surface area contributed by atoms with E-state index in [1.165, 1.54) is 23.1 Å². The van der Waals surface area contributed by atoms with Crippen LogP contribution < -0.4 is 5.32 Å². The van der Waals surface area contributed by atoms with E-state index < -0.39 is 12.0 Å². The molecule has 6 heteroatoms. The van der Waals surface area contributed by atoms with Crippen LogP contribution in [0.5, 0.6) is 0 Å². The highest BCUT2D eigenvalue weighted by Crippen LogP contribution is 2.23. The van der Waals surface area contributed by atoms with Gasteiger partial charge in [0.1, 0.15) is 6.04 Å². The Labute approximate surface area is 150 Å². The van der Waals surface area contributed by atoms with Crippen LogP contribution in [0.1, 0.15) is 27.5 Å². The third kappa shape index (κ3) is 3.80. The fourth-order valence-corrected chi connectivity index (χ4v) is 2.87. The highest BCUT2D eigenvalue weighted by atomic mass is 16.4. The molecule has 2 N–H and O–H groups in total. The second-order valence-corrected chi connectivity index (χ2v) is 5.90. The standard InChI is InChI=1S/C20H18N2O4/c23-17(11-8-14-6-9-16(10-7-14)20(25)26)22-13-12-21-19(24)18(22)15-4-2-1-3-5-15/h1-11,18H,12-13H2,(H,21,24)(H,25,26). The van der Waals surface area contributed by atoms with Crippen molar-refractivity contribution in [3.05, 3.63) is 77.4 Å². The predicted octanol–water partition coefficient (Wildman–Crippen LogP) is 2.10. The Morgan fingerprint density at radius 3 is 2.42 bits per heavy atom. The number of benzene rings is 2. The van der Waals surface area contributed by atoms with Crippen LogP contribution in [0.2, 0.25) is 0 Å². The molecule has 0 aromatic heterocycles. The van der Waals surface area contributed by atoms with Gasteiger partial charge < -0.3 is 15.3 Å². The zero-order valence-electron chi connectivity index (χ0n) is 14.0. The number of amides is 2. The van der Waals surface area contributed by atoms with Gasteiger partial charge in [0.25, 0.3) is 0 Å². The molecule has 0 spiro atoms. The summed E-state index contributed by atoms with van der Waals surface area (Å²) >= 11 is 0. The maximum absolute atomic E-state index is 12.6. The molecule has 2 amide bonds.